The van der Waals surface area contributed by atoms with Gasteiger partial charge in [-0.2, -0.15) is 0 Å². The highest BCUT2D eigenvalue weighted by molar-refractivity contribution is 5.17. The maximum atomic E-state index is 3.56. The molecule has 0 spiro atoms. The summed E-state index contributed by atoms with van der Waals surface area (Å²) in [5, 5.41) is 0. The maximum Gasteiger partial charge on any atom is -0.0203 e. The maximum absolute atomic E-state index is 3.56. The van der Waals surface area contributed by atoms with Crippen LogP contribution in [0.1, 0.15) is 173 Å². The molecule has 0 amide bonds. The molecule has 0 heterocycles. The molecule has 0 bridgehead atoms. The van der Waals surface area contributed by atoms with E-state index >= 15 is 0 Å². The third-order valence-electron chi connectivity index (χ3n) is 7.65. The van der Waals surface area contributed by atoms with Gasteiger partial charge in [-0.25, -0.2) is 0 Å². The summed E-state index contributed by atoms with van der Waals surface area (Å²) < 4.78 is 0. The molecule has 232 valence electrons. The molecule has 0 atom stereocenters. The molecule has 0 N–H and O–H groups in total. The van der Waals surface area contributed by atoms with E-state index in [2.05, 4.69) is 59.9 Å². The van der Waals surface area contributed by atoms with Crippen molar-refractivity contribution in [2.75, 3.05) is 0 Å². The zero-order chi connectivity index (χ0) is 30.9. The third kappa shape index (κ3) is 32.8. The Morgan fingerprint density at radius 1 is 0.744 bits per heavy atom. The van der Waals surface area contributed by atoms with Crippen molar-refractivity contribution in [1.29, 1.82) is 0 Å². The lowest BCUT2D eigenvalue weighted by atomic mass is 9.84. The van der Waals surface area contributed by atoms with Crippen molar-refractivity contribution < 1.29 is 0 Å². The van der Waals surface area contributed by atoms with Gasteiger partial charge in [0.15, 0.2) is 0 Å². The molecule has 0 heteroatoms. The molecule has 2 fully saturated rings. The highest BCUT2D eigenvalue weighted by atomic mass is 14.2. The van der Waals surface area contributed by atoms with E-state index in [1.54, 1.807) is 17.2 Å². The second-order valence-electron chi connectivity index (χ2n) is 10.9. The quantitative estimate of drug-likeness (QED) is 0.210. The molecule has 0 aromatic heterocycles. The summed E-state index contributed by atoms with van der Waals surface area (Å²) in [6.07, 6.45) is 30.3. The standard InChI is InChI=1S/C19H34.C7H14.C6H10.C3H6.2C2H6/c1-5-18(6-2)15-13-16(3)12-14-17(4)19-10-8-7-9-11-19;1-7-5-3-2-4-6-7;1-4-6(3)5-2;1-3-2;2*1-2/h12,14,18-19H,5-11,13,15H2,1-4H3;7H,2-6H2,1H3;4-5H,1H2,2-3H3;3H,1H2,2H3;2*1-2H3/b16-12+,17-14+;;6-5+;;;. The largest absolute Gasteiger partial charge is 0.103 e. The lowest BCUT2D eigenvalue weighted by molar-refractivity contribution is 0.385. The first kappa shape index (κ1) is 44.7. The molecule has 0 aromatic carbocycles. The number of hydrogen-bond donors (Lipinski definition) is 0. The first-order valence-corrected chi connectivity index (χ1v) is 17.0. The van der Waals surface area contributed by atoms with Crippen LogP contribution in [0, 0.1) is 17.8 Å². The Hall–Kier alpha value is -1.30. The Kier molecular flexibility index (Phi) is 42.1. The highest BCUT2D eigenvalue weighted by Gasteiger charge is 2.14. The zero-order valence-electron chi connectivity index (χ0n) is 29.4. The molecule has 0 aromatic rings. The van der Waals surface area contributed by atoms with Crippen molar-refractivity contribution in [3.8, 4) is 0 Å². The van der Waals surface area contributed by atoms with Gasteiger partial charge < -0.3 is 0 Å². The minimum absolute atomic E-state index is 0.872. The predicted molar refractivity (Wildman–Crippen MR) is 188 cm³/mol. The van der Waals surface area contributed by atoms with Gasteiger partial charge in [0.2, 0.25) is 0 Å². The van der Waals surface area contributed by atoms with Crippen molar-refractivity contribution in [1.82, 2.24) is 0 Å². The van der Waals surface area contributed by atoms with Crippen LogP contribution in [-0.2, 0) is 0 Å². The second kappa shape index (κ2) is 36.7. The van der Waals surface area contributed by atoms with Crippen LogP contribution in [0.15, 0.2) is 60.3 Å². The van der Waals surface area contributed by atoms with Gasteiger partial charge in [0, 0.05) is 0 Å². The van der Waals surface area contributed by atoms with E-state index in [4.69, 9.17) is 0 Å². The van der Waals surface area contributed by atoms with Crippen LogP contribution in [0.3, 0.4) is 0 Å². The van der Waals surface area contributed by atoms with Gasteiger partial charge in [0.1, 0.15) is 0 Å². The number of rotatable bonds is 8. The molecule has 2 rings (SSSR count). The Bertz CT molecular complexity index is 569. The average Bonchev–Trinajstić information content (AvgIpc) is 3.00. The number of hydrogen-bond acceptors (Lipinski definition) is 0. The van der Waals surface area contributed by atoms with Gasteiger partial charge in [-0.3, -0.25) is 0 Å². The molecule has 2 aliphatic rings. The Labute approximate surface area is 250 Å². The van der Waals surface area contributed by atoms with E-state index < -0.39 is 0 Å². The Morgan fingerprint density at radius 2 is 1.18 bits per heavy atom. The minimum atomic E-state index is 0.872. The van der Waals surface area contributed by atoms with Crippen LogP contribution in [0.25, 0.3) is 0 Å². The molecule has 2 saturated carbocycles. The lowest BCUT2D eigenvalue weighted by Gasteiger charge is -2.22. The molecule has 0 saturated heterocycles. The first-order chi connectivity index (χ1) is 18.8. The summed E-state index contributed by atoms with van der Waals surface area (Å²) in [5.74, 6) is 2.83. The van der Waals surface area contributed by atoms with Gasteiger partial charge >= 0.3 is 0 Å². The fourth-order valence-electron chi connectivity index (χ4n) is 4.60. The van der Waals surface area contributed by atoms with Crippen molar-refractivity contribution in [3.63, 3.8) is 0 Å². The molecule has 0 nitrogen and oxygen atoms in total. The van der Waals surface area contributed by atoms with E-state index in [1.807, 2.05) is 60.6 Å². The molecular weight excluding hydrogens is 468 g/mol. The van der Waals surface area contributed by atoms with E-state index in [0.29, 0.717) is 0 Å². The van der Waals surface area contributed by atoms with Crippen molar-refractivity contribution in [2.24, 2.45) is 17.8 Å². The Morgan fingerprint density at radius 3 is 1.49 bits per heavy atom. The third-order valence-corrected chi connectivity index (χ3v) is 7.65. The monoisotopic (exact) mass is 545 g/mol. The molecule has 0 aliphatic heterocycles. The summed E-state index contributed by atoms with van der Waals surface area (Å²) in [6, 6.07) is 0. The molecule has 0 unspecified atom stereocenters. The van der Waals surface area contributed by atoms with E-state index in [1.165, 1.54) is 95.5 Å². The topological polar surface area (TPSA) is 0 Å². The van der Waals surface area contributed by atoms with Crippen LogP contribution >= 0.6 is 0 Å². The van der Waals surface area contributed by atoms with Crippen LogP contribution in [-0.4, -0.2) is 0 Å². The SMILES string of the molecule is C=C/C(C)=C/C.C=CC.CC.CC.CC1CCCCC1.CCC(CC)CC/C(C)=C/C=C(\C)C1CCCCC1. The lowest BCUT2D eigenvalue weighted by Crippen LogP contribution is -2.07. The van der Waals surface area contributed by atoms with Crippen LogP contribution in [0.4, 0.5) is 0 Å². The molecule has 0 radical (unpaired) electrons. The van der Waals surface area contributed by atoms with Gasteiger partial charge in [-0.1, -0.05) is 166 Å². The predicted octanol–water partition coefficient (Wildman–Crippen LogP) is 14.6. The van der Waals surface area contributed by atoms with Crippen LogP contribution in [0.2, 0.25) is 0 Å². The van der Waals surface area contributed by atoms with E-state index in [0.717, 1.165) is 17.8 Å². The van der Waals surface area contributed by atoms with Crippen molar-refractivity contribution in [3.05, 3.63) is 60.3 Å². The molecule has 39 heavy (non-hydrogen) atoms. The Balaban J connectivity index is -0.000000250. The summed E-state index contributed by atoms with van der Waals surface area (Å²) in [7, 11) is 0. The van der Waals surface area contributed by atoms with Gasteiger partial charge in [-0.15, -0.1) is 6.58 Å². The summed E-state index contributed by atoms with van der Waals surface area (Å²) in [4.78, 5) is 0. The normalized spacial score (nSPS) is 16.3. The zero-order valence-corrected chi connectivity index (χ0v) is 29.4. The van der Waals surface area contributed by atoms with Crippen LogP contribution in [0.5, 0.6) is 0 Å². The van der Waals surface area contributed by atoms with Crippen molar-refractivity contribution in [2.45, 2.75) is 173 Å². The second-order valence-corrected chi connectivity index (χ2v) is 10.9. The summed E-state index contributed by atoms with van der Waals surface area (Å²) in [6.45, 7) is 32.5. The fourth-order valence-corrected chi connectivity index (χ4v) is 4.60. The summed E-state index contributed by atoms with van der Waals surface area (Å²) in [5.41, 5.74) is 4.40. The van der Waals surface area contributed by atoms with Gasteiger partial charge in [0.05, 0.1) is 0 Å². The number of allylic oxidation sites excluding steroid dienone is 8. The highest BCUT2D eigenvalue weighted by Crippen LogP contribution is 2.29. The smallest absolute Gasteiger partial charge is 0.0203 e. The minimum Gasteiger partial charge on any atom is -0.103 e. The first-order valence-electron chi connectivity index (χ1n) is 17.0. The van der Waals surface area contributed by atoms with Gasteiger partial charge in [-0.05, 0) is 78.1 Å². The fraction of sp³-hybridized carbons (Fsp3) is 0.744. The molecule has 2 aliphatic carbocycles. The summed E-state index contributed by atoms with van der Waals surface area (Å²) >= 11 is 0. The van der Waals surface area contributed by atoms with E-state index in [9.17, 15) is 0 Å². The molecular formula is C39H76. The van der Waals surface area contributed by atoms with Crippen LogP contribution < -0.4 is 0 Å². The average molecular weight is 545 g/mol. The van der Waals surface area contributed by atoms with Crippen molar-refractivity contribution >= 4 is 0 Å². The van der Waals surface area contributed by atoms with Gasteiger partial charge in [0.25, 0.3) is 0 Å². The van der Waals surface area contributed by atoms with E-state index in [-0.39, 0.29) is 0 Å².